The summed E-state index contributed by atoms with van der Waals surface area (Å²) in [7, 11) is 0. The van der Waals surface area contributed by atoms with Crippen LogP contribution in [0.5, 0.6) is 0 Å². The molecule has 0 radical (unpaired) electrons. The highest BCUT2D eigenvalue weighted by atomic mass is 32.2. The first-order chi connectivity index (χ1) is 10.8. The van der Waals surface area contributed by atoms with Crippen molar-refractivity contribution < 1.29 is 14.3 Å². The minimum Gasteiger partial charge on any atom is -0.373 e. The molecule has 3 atom stereocenters. The molecule has 7 heteroatoms. The third kappa shape index (κ3) is 2.68. The van der Waals surface area contributed by atoms with E-state index in [1.165, 1.54) is 0 Å². The monoisotopic (exact) mass is 321 g/mol. The van der Waals surface area contributed by atoms with E-state index in [2.05, 4.69) is 16.3 Å². The topological polar surface area (TPSA) is 67.5 Å². The molecule has 0 bridgehead atoms. The number of amides is 1. The molecule has 1 amide bonds. The summed E-state index contributed by atoms with van der Waals surface area (Å²) in [6.07, 6.45) is 6.80. The van der Waals surface area contributed by atoms with Gasteiger partial charge < -0.3 is 14.4 Å². The Kier molecular flexibility index (Phi) is 3.94. The average molecular weight is 321 g/mol. The number of nitrogens with one attached hydrogen (secondary N) is 1. The minimum absolute atomic E-state index is 0.0397. The Morgan fingerprint density at radius 2 is 2.23 bits per heavy atom. The van der Waals surface area contributed by atoms with Crippen LogP contribution in [0.4, 0.5) is 0 Å². The molecule has 2 fully saturated rings. The number of hydrogen-bond donors (Lipinski definition) is 1. The van der Waals surface area contributed by atoms with Crippen LogP contribution in [-0.2, 0) is 14.3 Å². The summed E-state index contributed by atoms with van der Waals surface area (Å²) in [6, 6.07) is 0. The van der Waals surface area contributed by atoms with Gasteiger partial charge in [0, 0.05) is 35.5 Å². The fourth-order valence-electron chi connectivity index (χ4n) is 3.25. The molecule has 1 aromatic heterocycles. The van der Waals surface area contributed by atoms with Gasteiger partial charge in [-0.2, -0.15) is 5.10 Å². The van der Waals surface area contributed by atoms with Crippen LogP contribution >= 0.6 is 11.8 Å². The first kappa shape index (κ1) is 14.3. The van der Waals surface area contributed by atoms with Crippen LogP contribution in [0, 0.1) is 5.92 Å². The highest BCUT2D eigenvalue weighted by Gasteiger charge is 2.37. The average Bonchev–Trinajstić information content (AvgIpc) is 3.24. The van der Waals surface area contributed by atoms with Gasteiger partial charge in [0.1, 0.15) is 6.10 Å². The Labute approximate surface area is 133 Å². The van der Waals surface area contributed by atoms with Crippen molar-refractivity contribution in [2.75, 3.05) is 32.1 Å². The smallest absolute Gasteiger partial charge is 0.230 e. The lowest BCUT2D eigenvalue weighted by atomic mass is 10.0. The molecule has 4 heterocycles. The van der Waals surface area contributed by atoms with Gasteiger partial charge in [-0.1, -0.05) is 6.08 Å². The number of carbonyl (C=O) groups is 1. The summed E-state index contributed by atoms with van der Waals surface area (Å²) in [5.74, 6) is 0.968. The number of hydrogen-bond acceptors (Lipinski definition) is 5. The van der Waals surface area contributed by atoms with Gasteiger partial charge >= 0.3 is 0 Å². The number of fused-ring (bicyclic) bond motifs is 1. The van der Waals surface area contributed by atoms with Crippen molar-refractivity contribution in [3.05, 3.63) is 24.0 Å². The van der Waals surface area contributed by atoms with Gasteiger partial charge in [0.15, 0.2) is 0 Å². The molecular weight excluding hydrogens is 302 g/mol. The zero-order chi connectivity index (χ0) is 14.9. The van der Waals surface area contributed by atoms with E-state index in [0.29, 0.717) is 19.8 Å². The van der Waals surface area contributed by atoms with Crippen molar-refractivity contribution in [2.24, 2.45) is 5.92 Å². The van der Waals surface area contributed by atoms with E-state index in [1.807, 2.05) is 11.1 Å². The molecule has 1 aromatic rings. The fourth-order valence-corrected chi connectivity index (χ4v) is 4.38. The molecule has 0 spiro atoms. The molecule has 0 aliphatic carbocycles. The van der Waals surface area contributed by atoms with Gasteiger partial charge in [0.25, 0.3) is 0 Å². The minimum atomic E-state index is -0.0454. The molecule has 4 rings (SSSR count). The van der Waals surface area contributed by atoms with Crippen LogP contribution in [0.3, 0.4) is 0 Å². The number of aromatic amines is 1. The molecule has 118 valence electrons. The lowest BCUT2D eigenvalue weighted by molar-refractivity contribution is -0.172. The van der Waals surface area contributed by atoms with E-state index in [4.69, 9.17) is 9.47 Å². The number of ether oxygens (including phenoxy) is 2. The van der Waals surface area contributed by atoms with Crippen molar-refractivity contribution in [3.63, 3.8) is 0 Å². The maximum absolute atomic E-state index is 12.7. The predicted molar refractivity (Wildman–Crippen MR) is 83.2 cm³/mol. The predicted octanol–water partition coefficient (Wildman–Crippen LogP) is 1.13. The number of piperidine rings is 1. The Morgan fingerprint density at radius 3 is 3.05 bits per heavy atom. The summed E-state index contributed by atoms with van der Waals surface area (Å²) < 4.78 is 11.5. The maximum Gasteiger partial charge on any atom is 0.230 e. The van der Waals surface area contributed by atoms with Crippen molar-refractivity contribution >= 4 is 22.6 Å². The second-order valence-electron chi connectivity index (χ2n) is 5.83. The van der Waals surface area contributed by atoms with Crippen molar-refractivity contribution in [3.8, 4) is 0 Å². The maximum atomic E-state index is 12.7. The van der Waals surface area contributed by atoms with E-state index >= 15 is 0 Å². The molecule has 3 aliphatic rings. The first-order valence-electron chi connectivity index (χ1n) is 7.67. The third-order valence-corrected chi connectivity index (χ3v) is 5.64. The van der Waals surface area contributed by atoms with Crippen molar-refractivity contribution in [1.82, 2.24) is 15.1 Å². The second-order valence-corrected chi connectivity index (χ2v) is 6.89. The van der Waals surface area contributed by atoms with Crippen LogP contribution in [0.25, 0.3) is 4.91 Å². The lowest BCUT2D eigenvalue weighted by Crippen LogP contribution is -2.54. The molecule has 6 nitrogen and oxygen atoms in total. The van der Waals surface area contributed by atoms with Crippen LogP contribution in [0.2, 0.25) is 0 Å². The summed E-state index contributed by atoms with van der Waals surface area (Å²) in [6.45, 7) is 2.72. The van der Waals surface area contributed by atoms with Gasteiger partial charge in [-0.05, 0) is 6.42 Å². The van der Waals surface area contributed by atoms with Crippen LogP contribution < -0.4 is 0 Å². The van der Waals surface area contributed by atoms with Gasteiger partial charge in [-0.3, -0.25) is 9.89 Å². The normalized spacial score (nSPS) is 31.7. The number of likely N-dealkylation sites (tertiary alicyclic amines) is 1. The number of carbonyl (C=O) groups excluding carboxylic acids is 1. The zero-order valence-electron chi connectivity index (χ0n) is 12.2. The molecule has 3 aliphatic heterocycles. The van der Waals surface area contributed by atoms with Crippen LogP contribution in [0.1, 0.15) is 12.0 Å². The molecule has 2 saturated heterocycles. The SMILES string of the molecule is O=C(C1C=C(c2cn[nH]c2)SC1)N1CCC2OCCOC2C1. The Morgan fingerprint density at radius 1 is 1.36 bits per heavy atom. The van der Waals surface area contributed by atoms with E-state index in [-0.39, 0.29) is 24.0 Å². The highest BCUT2D eigenvalue weighted by Crippen LogP contribution is 2.37. The number of thioether (sulfide) groups is 1. The van der Waals surface area contributed by atoms with E-state index in [0.717, 1.165) is 29.2 Å². The van der Waals surface area contributed by atoms with E-state index in [1.54, 1.807) is 18.0 Å². The van der Waals surface area contributed by atoms with Crippen molar-refractivity contribution in [1.29, 1.82) is 0 Å². The van der Waals surface area contributed by atoms with Gasteiger partial charge in [0.05, 0.1) is 31.4 Å². The number of aromatic nitrogens is 2. The zero-order valence-corrected chi connectivity index (χ0v) is 13.1. The van der Waals surface area contributed by atoms with Crippen molar-refractivity contribution in [2.45, 2.75) is 18.6 Å². The van der Waals surface area contributed by atoms with Crippen LogP contribution in [-0.4, -0.2) is 65.3 Å². The summed E-state index contributed by atoms with van der Waals surface area (Å²) in [5, 5.41) is 6.78. The molecular formula is C15H19N3O3S. The number of rotatable bonds is 2. The Bertz CT molecular complexity index is 575. The molecule has 0 saturated carbocycles. The number of nitrogens with zero attached hydrogens (tertiary/aromatic N) is 2. The number of H-pyrrole nitrogens is 1. The standard InChI is InChI=1S/C15H19N3O3S/c19-15(10-5-14(22-9-10)11-6-16-17-7-11)18-2-1-12-13(8-18)21-4-3-20-12/h5-7,10,12-13H,1-4,8-9H2,(H,16,17). The van der Waals surface area contributed by atoms with Gasteiger partial charge in [-0.25, -0.2) is 0 Å². The Hall–Kier alpha value is -1.31. The molecule has 0 aromatic carbocycles. The summed E-state index contributed by atoms with van der Waals surface area (Å²) >= 11 is 1.72. The van der Waals surface area contributed by atoms with E-state index in [9.17, 15) is 4.79 Å². The molecule has 1 N–H and O–H groups in total. The largest absolute Gasteiger partial charge is 0.373 e. The first-order valence-corrected chi connectivity index (χ1v) is 8.65. The van der Waals surface area contributed by atoms with Gasteiger partial charge in [0.2, 0.25) is 5.91 Å². The lowest BCUT2D eigenvalue weighted by Gasteiger charge is -2.41. The highest BCUT2D eigenvalue weighted by molar-refractivity contribution is 8.08. The third-order valence-electron chi connectivity index (χ3n) is 4.43. The fraction of sp³-hybridized carbons (Fsp3) is 0.600. The molecule has 3 unspecified atom stereocenters. The summed E-state index contributed by atoms with van der Waals surface area (Å²) in [5.41, 5.74) is 1.06. The van der Waals surface area contributed by atoms with Crippen LogP contribution in [0.15, 0.2) is 18.5 Å². The second kappa shape index (κ2) is 6.06. The quantitative estimate of drug-likeness (QED) is 0.884. The Balaban J connectivity index is 1.42. The van der Waals surface area contributed by atoms with E-state index < -0.39 is 0 Å². The summed E-state index contributed by atoms with van der Waals surface area (Å²) in [4.78, 5) is 15.8. The van der Waals surface area contributed by atoms with Gasteiger partial charge in [-0.15, -0.1) is 11.8 Å². The molecule has 22 heavy (non-hydrogen) atoms.